The Morgan fingerprint density at radius 2 is 1.94 bits per heavy atom. The van der Waals surface area contributed by atoms with E-state index in [4.69, 9.17) is 4.98 Å². The third kappa shape index (κ3) is 2.29. The highest BCUT2D eigenvalue weighted by molar-refractivity contribution is 5.74. The molecule has 0 unspecified atom stereocenters. The van der Waals surface area contributed by atoms with E-state index in [1.807, 2.05) is 0 Å². The van der Waals surface area contributed by atoms with E-state index < -0.39 is 0 Å². The van der Waals surface area contributed by atoms with Gasteiger partial charge in [0.2, 0.25) is 0 Å². The number of H-pyrrole nitrogens is 1. The maximum Gasteiger partial charge on any atom is 0.110 e. The minimum absolute atomic E-state index is 0.658. The monoisotopic (exact) mass is 242 g/mol. The van der Waals surface area contributed by atoms with Crippen LogP contribution < -0.4 is 0 Å². The standard InChI is InChI=1S/C16H22N2/c1-2-5-12-8-10-13(11-9-12)16-17-14-6-3-4-7-15(14)18-16/h3-4,6-7,12-13H,2,5,8-11H2,1H3,(H,17,18). The quantitative estimate of drug-likeness (QED) is 0.834. The Kier molecular flexibility index (Phi) is 3.35. The number of fused-ring (bicyclic) bond motifs is 1. The third-order valence-electron chi connectivity index (χ3n) is 4.34. The van der Waals surface area contributed by atoms with Crippen molar-refractivity contribution in [3.63, 3.8) is 0 Å². The summed E-state index contributed by atoms with van der Waals surface area (Å²) in [5.74, 6) is 2.84. The van der Waals surface area contributed by atoms with Gasteiger partial charge in [0.15, 0.2) is 0 Å². The van der Waals surface area contributed by atoms with E-state index in [9.17, 15) is 0 Å². The van der Waals surface area contributed by atoms with Crippen molar-refractivity contribution in [1.29, 1.82) is 0 Å². The molecule has 3 rings (SSSR count). The first-order chi connectivity index (χ1) is 8.86. The molecule has 1 aromatic heterocycles. The van der Waals surface area contributed by atoms with Crippen LogP contribution in [-0.4, -0.2) is 9.97 Å². The van der Waals surface area contributed by atoms with Crippen LogP contribution in [0.15, 0.2) is 24.3 Å². The van der Waals surface area contributed by atoms with Crippen molar-refractivity contribution in [3.8, 4) is 0 Å². The third-order valence-corrected chi connectivity index (χ3v) is 4.34. The lowest BCUT2D eigenvalue weighted by atomic mass is 9.80. The van der Waals surface area contributed by atoms with Crippen molar-refractivity contribution in [3.05, 3.63) is 30.1 Å². The van der Waals surface area contributed by atoms with Crippen molar-refractivity contribution in [1.82, 2.24) is 9.97 Å². The van der Waals surface area contributed by atoms with Gasteiger partial charge < -0.3 is 4.98 Å². The molecule has 2 nitrogen and oxygen atoms in total. The van der Waals surface area contributed by atoms with Crippen LogP contribution in [0.4, 0.5) is 0 Å². The molecule has 0 spiro atoms. The van der Waals surface area contributed by atoms with Gasteiger partial charge in [-0.3, -0.25) is 0 Å². The molecule has 1 heterocycles. The average Bonchev–Trinajstić information content (AvgIpc) is 2.84. The first kappa shape index (κ1) is 11.8. The van der Waals surface area contributed by atoms with E-state index in [2.05, 4.69) is 36.2 Å². The predicted molar refractivity (Wildman–Crippen MR) is 75.7 cm³/mol. The highest BCUT2D eigenvalue weighted by Crippen LogP contribution is 2.36. The summed E-state index contributed by atoms with van der Waals surface area (Å²) in [6.07, 6.45) is 8.13. The molecule has 0 aliphatic heterocycles. The smallest absolute Gasteiger partial charge is 0.110 e. The molecule has 0 bridgehead atoms. The van der Waals surface area contributed by atoms with Crippen LogP contribution in [0.2, 0.25) is 0 Å². The van der Waals surface area contributed by atoms with Crippen LogP contribution in [-0.2, 0) is 0 Å². The molecule has 1 N–H and O–H groups in total. The highest BCUT2D eigenvalue weighted by Gasteiger charge is 2.23. The largest absolute Gasteiger partial charge is 0.342 e. The summed E-state index contributed by atoms with van der Waals surface area (Å²) in [6.45, 7) is 2.30. The molecule has 96 valence electrons. The minimum Gasteiger partial charge on any atom is -0.342 e. The van der Waals surface area contributed by atoms with Gasteiger partial charge in [0.05, 0.1) is 11.0 Å². The van der Waals surface area contributed by atoms with Crippen LogP contribution in [0.25, 0.3) is 11.0 Å². The summed E-state index contributed by atoms with van der Waals surface area (Å²) >= 11 is 0. The molecule has 2 aromatic rings. The summed E-state index contributed by atoms with van der Waals surface area (Å²) in [6, 6.07) is 8.35. The lowest BCUT2D eigenvalue weighted by Gasteiger charge is -2.27. The van der Waals surface area contributed by atoms with Crippen LogP contribution in [0.1, 0.15) is 57.2 Å². The van der Waals surface area contributed by atoms with Crippen molar-refractivity contribution in [2.45, 2.75) is 51.4 Å². The molecule has 0 saturated heterocycles. The van der Waals surface area contributed by atoms with Crippen LogP contribution in [0, 0.1) is 5.92 Å². The zero-order valence-corrected chi connectivity index (χ0v) is 11.2. The van der Waals surface area contributed by atoms with Gasteiger partial charge in [-0.25, -0.2) is 4.98 Å². The Bertz CT molecular complexity index is 474. The van der Waals surface area contributed by atoms with Gasteiger partial charge in [-0.05, 0) is 43.7 Å². The van der Waals surface area contributed by atoms with Crippen LogP contribution in [0.3, 0.4) is 0 Å². The predicted octanol–water partition coefficient (Wildman–Crippen LogP) is 4.64. The SMILES string of the molecule is CCCC1CCC(c2nc3ccccc3[nH]2)CC1. The Hall–Kier alpha value is -1.31. The molecule has 0 radical (unpaired) electrons. The maximum absolute atomic E-state index is 4.75. The Morgan fingerprint density at radius 1 is 1.17 bits per heavy atom. The molecular weight excluding hydrogens is 220 g/mol. The first-order valence-corrected chi connectivity index (χ1v) is 7.31. The number of para-hydroxylation sites is 2. The number of benzene rings is 1. The second-order valence-electron chi connectivity index (χ2n) is 5.65. The molecular formula is C16H22N2. The maximum atomic E-state index is 4.75. The van der Waals surface area contributed by atoms with E-state index >= 15 is 0 Å². The van der Waals surface area contributed by atoms with E-state index in [1.54, 1.807) is 0 Å². The number of rotatable bonds is 3. The molecule has 1 fully saturated rings. The summed E-state index contributed by atoms with van der Waals surface area (Å²) in [5, 5.41) is 0. The number of nitrogens with zero attached hydrogens (tertiary/aromatic N) is 1. The molecule has 18 heavy (non-hydrogen) atoms. The number of imidazole rings is 1. The van der Waals surface area contributed by atoms with E-state index in [1.165, 1.54) is 49.9 Å². The first-order valence-electron chi connectivity index (χ1n) is 7.31. The van der Waals surface area contributed by atoms with Gasteiger partial charge in [-0.1, -0.05) is 31.9 Å². The fraction of sp³-hybridized carbons (Fsp3) is 0.562. The lowest BCUT2D eigenvalue weighted by molar-refractivity contribution is 0.303. The summed E-state index contributed by atoms with van der Waals surface area (Å²) in [4.78, 5) is 8.25. The van der Waals surface area contributed by atoms with Gasteiger partial charge in [0.1, 0.15) is 5.82 Å². The van der Waals surface area contributed by atoms with Crippen molar-refractivity contribution >= 4 is 11.0 Å². The number of hydrogen-bond donors (Lipinski definition) is 1. The number of hydrogen-bond acceptors (Lipinski definition) is 1. The Morgan fingerprint density at radius 3 is 2.67 bits per heavy atom. The number of aromatic nitrogens is 2. The Labute approximate surface area is 109 Å². The van der Waals surface area contributed by atoms with Gasteiger partial charge in [0.25, 0.3) is 0 Å². The summed E-state index contributed by atoms with van der Waals surface area (Å²) < 4.78 is 0. The topological polar surface area (TPSA) is 28.7 Å². The fourth-order valence-corrected chi connectivity index (χ4v) is 3.30. The van der Waals surface area contributed by atoms with Gasteiger partial charge >= 0.3 is 0 Å². The van der Waals surface area contributed by atoms with Gasteiger partial charge in [-0.2, -0.15) is 0 Å². The zero-order chi connectivity index (χ0) is 12.4. The average molecular weight is 242 g/mol. The van der Waals surface area contributed by atoms with Gasteiger partial charge in [0, 0.05) is 5.92 Å². The fourth-order valence-electron chi connectivity index (χ4n) is 3.30. The van der Waals surface area contributed by atoms with E-state index in [0.29, 0.717) is 5.92 Å². The molecule has 2 heteroatoms. The summed E-state index contributed by atoms with van der Waals surface area (Å²) in [7, 11) is 0. The molecule has 1 aromatic carbocycles. The Balaban J connectivity index is 1.72. The molecule has 0 amide bonds. The highest BCUT2D eigenvalue weighted by atomic mass is 14.9. The molecule has 1 saturated carbocycles. The van der Waals surface area contributed by atoms with E-state index in [0.717, 1.165) is 11.4 Å². The normalized spacial score (nSPS) is 24.5. The lowest BCUT2D eigenvalue weighted by Crippen LogP contribution is -2.14. The van der Waals surface area contributed by atoms with E-state index in [-0.39, 0.29) is 0 Å². The van der Waals surface area contributed by atoms with Crippen LogP contribution in [0.5, 0.6) is 0 Å². The minimum atomic E-state index is 0.658. The van der Waals surface area contributed by atoms with Crippen molar-refractivity contribution in [2.24, 2.45) is 5.92 Å². The second kappa shape index (κ2) is 5.13. The zero-order valence-electron chi connectivity index (χ0n) is 11.2. The summed E-state index contributed by atoms with van der Waals surface area (Å²) in [5.41, 5.74) is 2.30. The molecule has 1 aliphatic rings. The second-order valence-corrected chi connectivity index (χ2v) is 5.65. The van der Waals surface area contributed by atoms with Gasteiger partial charge in [-0.15, -0.1) is 0 Å². The van der Waals surface area contributed by atoms with Crippen LogP contribution >= 0.6 is 0 Å². The molecule has 0 atom stereocenters. The molecule has 1 aliphatic carbocycles. The number of nitrogens with one attached hydrogen (secondary N) is 1. The number of aromatic amines is 1. The van der Waals surface area contributed by atoms with Crippen molar-refractivity contribution in [2.75, 3.05) is 0 Å². The van der Waals surface area contributed by atoms with Crippen molar-refractivity contribution < 1.29 is 0 Å².